The van der Waals surface area contributed by atoms with Crippen LogP contribution >= 0.6 is 0 Å². The van der Waals surface area contributed by atoms with Gasteiger partial charge in [-0.3, -0.25) is 4.79 Å². The molecule has 3 rings (SSSR count). The van der Waals surface area contributed by atoms with Gasteiger partial charge in [0.05, 0.1) is 4.90 Å². The number of hydrogen-bond acceptors (Lipinski definition) is 3. The lowest BCUT2D eigenvalue weighted by Gasteiger charge is -2.07. The van der Waals surface area contributed by atoms with E-state index >= 15 is 0 Å². The maximum absolute atomic E-state index is 12.5. The molecule has 0 bridgehead atoms. The molecule has 4 nitrogen and oxygen atoms in total. The van der Waals surface area contributed by atoms with Gasteiger partial charge in [-0.15, -0.1) is 0 Å². The summed E-state index contributed by atoms with van der Waals surface area (Å²) in [5, 5.41) is 0. The molecule has 0 N–H and O–H groups in total. The number of carbonyl (C=O) groups is 1. The van der Waals surface area contributed by atoms with Crippen LogP contribution in [0.3, 0.4) is 0 Å². The Kier molecular flexibility index (Phi) is 5.06. The summed E-state index contributed by atoms with van der Waals surface area (Å²) in [6.45, 7) is 4.12. The highest BCUT2D eigenvalue weighted by molar-refractivity contribution is 7.89. The zero-order valence-corrected chi connectivity index (χ0v) is 15.4. The number of Topliss-reactive ketones (excluding diaryl/α,β-unsaturated/α-hetero) is 1. The fourth-order valence-electron chi connectivity index (χ4n) is 2.98. The minimum Gasteiger partial charge on any atom is -0.295 e. The van der Waals surface area contributed by atoms with Crippen molar-refractivity contribution in [3.63, 3.8) is 0 Å². The molecular weight excluding hydrogens is 334 g/mol. The van der Waals surface area contributed by atoms with Gasteiger partial charge in [-0.25, -0.2) is 8.42 Å². The molecule has 2 aromatic carbocycles. The van der Waals surface area contributed by atoms with Gasteiger partial charge in [-0.05, 0) is 50.8 Å². The van der Waals surface area contributed by atoms with Crippen LogP contribution in [0.5, 0.6) is 0 Å². The lowest BCUT2D eigenvalue weighted by Crippen LogP contribution is -2.14. The van der Waals surface area contributed by atoms with Crippen molar-refractivity contribution < 1.29 is 13.2 Å². The summed E-state index contributed by atoms with van der Waals surface area (Å²) < 4.78 is 26.7. The predicted molar refractivity (Wildman–Crippen MR) is 98.2 cm³/mol. The van der Waals surface area contributed by atoms with Gasteiger partial charge in [-0.2, -0.15) is 4.31 Å². The van der Waals surface area contributed by atoms with Crippen LogP contribution in [-0.4, -0.2) is 31.1 Å². The van der Waals surface area contributed by atoms with Gasteiger partial charge >= 0.3 is 0 Å². The Balaban J connectivity index is 1.51. The second kappa shape index (κ2) is 7.10. The van der Waals surface area contributed by atoms with Crippen molar-refractivity contribution in [2.75, 3.05) is 6.54 Å². The van der Waals surface area contributed by atoms with Crippen molar-refractivity contribution in [2.24, 2.45) is 0 Å². The topological polar surface area (TPSA) is 54.2 Å². The number of ketones is 1. The summed E-state index contributed by atoms with van der Waals surface area (Å²) in [5.41, 5.74) is 2.96. The van der Waals surface area contributed by atoms with Crippen LogP contribution in [0.1, 0.15) is 41.3 Å². The van der Waals surface area contributed by atoms with Crippen LogP contribution in [0.25, 0.3) is 0 Å². The monoisotopic (exact) mass is 357 g/mol. The standard InChI is InChI=1S/C20H23NO3S/c1-15-6-12-20(13-7-15)25(23,24)21-14-19(21)5-3-4-17-8-10-18(11-9-17)16(2)22/h6-13,19H,3-5,14H2,1-2H3. The summed E-state index contributed by atoms with van der Waals surface area (Å²) in [4.78, 5) is 11.6. The van der Waals surface area contributed by atoms with Crippen LogP contribution in [0.2, 0.25) is 0 Å². The van der Waals surface area contributed by atoms with Gasteiger partial charge in [-0.1, -0.05) is 42.0 Å². The average molecular weight is 357 g/mol. The van der Waals surface area contributed by atoms with E-state index in [1.54, 1.807) is 23.4 Å². The molecule has 25 heavy (non-hydrogen) atoms. The van der Waals surface area contributed by atoms with Gasteiger partial charge in [0.25, 0.3) is 0 Å². The van der Waals surface area contributed by atoms with Crippen molar-refractivity contribution in [1.29, 1.82) is 0 Å². The third-order valence-corrected chi connectivity index (χ3v) is 6.59. The van der Waals surface area contributed by atoms with Crippen LogP contribution in [0.4, 0.5) is 0 Å². The molecule has 1 heterocycles. The van der Waals surface area contributed by atoms with Gasteiger partial charge in [0.2, 0.25) is 10.0 Å². The third-order valence-electron chi connectivity index (χ3n) is 4.66. The molecule has 0 spiro atoms. The number of carbonyl (C=O) groups excluding carboxylic acids is 1. The van der Waals surface area contributed by atoms with Gasteiger partial charge in [0, 0.05) is 18.2 Å². The molecule has 1 aliphatic heterocycles. The first-order valence-electron chi connectivity index (χ1n) is 8.56. The second-order valence-corrected chi connectivity index (χ2v) is 8.58. The van der Waals surface area contributed by atoms with E-state index in [9.17, 15) is 13.2 Å². The molecule has 0 saturated carbocycles. The van der Waals surface area contributed by atoms with E-state index in [1.807, 2.05) is 43.3 Å². The van der Waals surface area contributed by atoms with Gasteiger partial charge in [0.15, 0.2) is 5.78 Å². The van der Waals surface area contributed by atoms with Crippen molar-refractivity contribution >= 4 is 15.8 Å². The molecule has 5 heteroatoms. The molecule has 2 aromatic rings. The molecule has 1 saturated heterocycles. The Morgan fingerprint density at radius 1 is 1.08 bits per heavy atom. The maximum Gasteiger partial charge on any atom is 0.243 e. The van der Waals surface area contributed by atoms with E-state index < -0.39 is 10.0 Å². The first-order chi connectivity index (χ1) is 11.9. The van der Waals surface area contributed by atoms with E-state index in [4.69, 9.17) is 0 Å². The van der Waals surface area contributed by atoms with Crippen molar-refractivity contribution in [3.05, 3.63) is 65.2 Å². The highest BCUT2D eigenvalue weighted by atomic mass is 32.2. The minimum atomic E-state index is -3.35. The zero-order valence-electron chi connectivity index (χ0n) is 14.6. The lowest BCUT2D eigenvalue weighted by atomic mass is 10.0. The van der Waals surface area contributed by atoms with E-state index in [2.05, 4.69) is 0 Å². The second-order valence-electron chi connectivity index (χ2n) is 6.69. The smallest absolute Gasteiger partial charge is 0.243 e. The quantitative estimate of drug-likeness (QED) is 0.562. The van der Waals surface area contributed by atoms with E-state index in [0.717, 1.165) is 30.4 Å². The SMILES string of the molecule is CC(=O)c1ccc(CCCC2CN2S(=O)(=O)c2ccc(C)cc2)cc1. The van der Waals surface area contributed by atoms with E-state index in [0.29, 0.717) is 11.4 Å². The van der Waals surface area contributed by atoms with Crippen LogP contribution < -0.4 is 0 Å². The largest absolute Gasteiger partial charge is 0.295 e. The average Bonchev–Trinajstić information content (AvgIpc) is 3.36. The number of benzene rings is 2. The Hall–Kier alpha value is -1.98. The molecule has 0 radical (unpaired) electrons. The fourth-order valence-corrected chi connectivity index (χ4v) is 4.60. The number of hydrogen-bond donors (Lipinski definition) is 0. The highest BCUT2D eigenvalue weighted by Crippen LogP contribution is 2.31. The van der Waals surface area contributed by atoms with Gasteiger partial charge < -0.3 is 0 Å². The first-order valence-corrected chi connectivity index (χ1v) is 10.0. The van der Waals surface area contributed by atoms with E-state index in [-0.39, 0.29) is 11.8 Å². The molecule has 1 fully saturated rings. The van der Waals surface area contributed by atoms with Crippen LogP contribution in [0.15, 0.2) is 53.4 Å². The zero-order chi connectivity index (χ0) is 18.0. The third kappa shape index (κ3) is 4.17. The highest BCUT2D eigenvalue weighted by Gasteiger charge is 2.43. The Labute approximate surface area is 149 Å². The molecule has 2 atom stereocenters. The Bertz CT molecular complexity index is 855. The van der Waals surface area contributed by atoms with Gasteiger partial charge in [0.1, 0.15) is 0 Å². The van der Waals surface area contributed by atoms with Crippen molar-refractivity contribution in [2.45, 2.75) is 44.0 Å². The molecule has 0 aliphatic carbocycles. The maximum atomic E-state index is 12.5. The summed E-state index contributed by atoms with van der Waals surface area (Å²) in [7, 11) is -3.35. The molecule has 0 amide bonds. The molecule has 0 aromatic heterocycles. The van der Waals surface area contributed by atoms with Crippen molar-refractivity contribution in [1.82, 2.24) is 4.31 Å². The predicted octanol–water partition coefficient (Wildman–Crippen LogP) is 3.59. The minimum absolute atomic E-state index is 0.0708. The number of aryl methyl sites for hydroxylation is 2. The lowest BCUT2D eigenvalue weighted by molar-refractivity contribution is 0.101. The van der Waals surface area contributed by atoms with Crippen LogP contribution in [-0.2, 0) is 16.4 Å². The van der Waals surface area contributed by atoms with Crippen LogP contribution in [0, 0.1) is 6.92 Å². The molecule has 1 aliphatic rings. The summed E-state index contributed by atoms with van der Waals surface area (Å²) >= 11 is 0. The van der Waals surface area contributed by atoms with Crippen molar-refractivity contribution in [3.8, 4) is 0 Å². The van der Waals surface area contributed by atoms with E-state index in [1.165, 1.54) is 5.56 Å². The molecule has 132 valence electrons. The fraction of sp³-hybridized carbons (Fsp3) is 0.350. The molecular formula is C20H23NO3S. The normalized spacial score (nSPS) is 19.6. The molecule has 2 unspecified atom stereocenters. The number of nitrogens with zero attached hydrogens (tertiary/aromatic N) is 1. The Morgan fingerprint density at radius 2 is 1.72 bits per heavy atom. The first kappa shape index (κ1) is 17.8. The summed E-state index contributed by atoms with van der Waals surface area (Å²) in [6, 6.07) is 14.8. The Morgan fingerprint density at radius 3 is 2.32 bits per heavy atom. The summed E-state index contributed by atoms with van der Waals surface area (Å²) in [6.07, 6.45) is 2.69. The number of rotatable bonds is 7. The summed E-state index contributed by atoms with van der Waals surface area (Å²) in [5.74, 6) is 0.0708. The number of sulfonamides is 1.